The fourth-order valence-corrected chi connectivity index (χ4v) is 2.56. The second-order valence-corrected chi connectivity index (χ2v) is 5.38. The Morgan fingerprint density at radius 2 is 1.95 bits per heavy atom. The van der Waals surface area contributed by atoms with E-state index in [0.717, 1.165) is 16.6 Å². The van der Waals surface area contributed by atoms with Crippen molar-refractivity contribution in [3.63, 3.8) is 0 Å². The van der Waals surface area contributed by atoms with Crippen LogP contribution >= 0.6 is 8.73 Å². The predicted octanol–water partition coefficient (Wildman–Crippen LogP) is 3.22. The van der Waals surface area contributed by atoms with Crippen molar-refractivity contribution in [3.8, 4) is 11.5 Å². The standard InChI is InChI=1S/C15H16N5OP/c1-22-20-10-7-9-3-2-5-18-14(9)12(8-10)21-11-4-6-19-15(17)13(11)16/h2-8,20,22H,16H2,1H3,(H2,17,19). The molecule has 0 radical (unpaired) electrons. The first kappa shape index (κ1) is 14.4. The number of aromatic nitrogens is 2. The zero-order chi connectivity index (χ0) is 15.5. The van der Waals surface area contributed by atoms with E-state index in [4.69, 9.17) is 16.2 Å². The number of ether oxygens (including phenoxy) is 1. The van der Waals surface area contributed by atoms with Crippen molar-refractivity contribution in [1.29, 1.82) is 0 Å². The largest absolute Gasteiger partial charge is 0.453 e. The van der Waals surface area contributed by atoms with Gasteiger partial charge in [0.2, 0.25) is 0 Å². The van der Waals surface area contributed by atoms with E-state index in [2.05, 4.69) is 21.7 Å². The zero-order valence-corrected chi connectivity index (χ0v) is 13.0. The summed E-state index contributed by atoms with van der Waals surface area (Å²) in [6.45, 7) is 2.07. The van der Waals surface area contributed by atoms with Gasteiger partial charge in [0.05, 0.1) is 0 Å². The zero-order valence-electron chi connectivity index (χ0n) is 12.0. The van der Waals surface area contributed by atoms with Crippen LogP contribution in [0.3, 0.4) is 0 Å². The first-order valence-corrected chi connectivity index (χ1v) is 8.18. The van der Waals surface area contributed by atoms with Crippen LogP contribution in [0.5, 0.6) is 11.5 Å². The van der Waals surface area contributed by atoms with E-state index in [0.29, 0.717) is 25.9 Å². The van der Waals surface area contributed by atoms with Gasteiger partial charge in [0.15, 0.2) is 11.5 Å². The summed E-state index contributed by atoms with van der Waals surface area (Å²) in [5, 5.41) is 4.29. The van der Waals surface area contributed by atoms with Crippen LogP contribution in [0.4, 0.5) is 17.2 Å². The third kappa shape index (κ3) is 2.73. The first-order chi connectivity index (χ1) is 10.7. The molecule has 1 unspecified atom stereocenters. The number of fused-ring (bicyclic) bond motifs is 1. The Labute approximate surface area is 129 Å². The third-order valence-corrected chi connectivity index (χ3v) is 3.68. The lowest BCUT2D eigenvalue weighted by Crippen LogP contribution is -2.00. The predicted molar refractivity (Wildman–Crippen MR) is 92.7 cm³/mol. The number of nitrogen functional groups attached to an aromatic ring is 2. The maximum Gasteiger partial charge on any atom is 0.155 e. The number of hydrogen-bond acceptors (Lipinski definition) is 6. The molecule has 2 heterocycles. The summed E-state index contributed by atoms with van der Waals surface area (Å²) < 4.78 is 5.95. The SMILES string of the molecule is CPNc1cc(Oc2ccnc(N)c2N)c2ncccc2c1. The molecule has 0 aliphatic rings. The van der Waals surface area contributed by atoms with Crippen molar-refractivity contribution in [2.45, 2.75) is 0 Å². The summed E-state index contributed by atoms with van der Waals surface area (Å²) in [4.78, 5) is 8.33. The minimum atomic E-state index is 0.249. The molecule has 7 heteroatoms. The van der Waals surface area contributed by atoms with E-state index in [1.165, 1.54) is 0 Å². The highest BCUT2D eigenvalue weighted by molar-refractivity contribution is 7.38. The van der Waals surface area contributed by atoms with Crippen LogP contribution in [0.2, 0.25) is 0 Å². The normalized spacial score (nSPS) is 11.1. The number of benzene rings is 1. The van der Waals surface area contributed by atoms with Gasteiger partial charge >= 0.3 is 0 Å². The maximum atomic E-state index is 5.95. The molecule has 0 bridgehead atoms. The smallest absolute Gasteiger partial charge is 0.155 e. The van der Waals surface area contributed by atoms with Crippen LogP contribution in [0.1, 0.15) is 0 Å². The third-order valence-electron chi connectivity index (χ3n) is 3.14. The Hall–Kier alpha value is -2.59. The Bertz CT molecular complexity index is 824. The molecular formula is C15H16N5OP. The van der Waals surface area contributed by atoms with Crippen LogP contribution in [0, 0.1) is 0 Å². The van der Waals surface area contributed by atoms with Crippen molar-refractivity contribution in [3.05, 3.63) is 42.7 Å². The molecule has 0 aliphatic heterocycles. The molecule has 1 aromatic carbocycles. The van der Waals surface area contributed by atoms with Gasteiger partial charge in [-0.2, -0.15) is 0 Å². The summed E-state index contributed by atoms with van der Waals surface area (Å²) in [5.41, 5.74) is 13.7. The van der Waals surface area contributed by atoms with Gasteiger partial charge in [-0.15, -0.1) is 0 Å². The van der Waals surface area contributed by atoms with Crippen LogP contribution in [0.15, 0.2) is 42.7 Å². The minimum Gasteiger partial charge on any atom is -0.453 e. The quantitative estimate of drug-likeness (QED) is 0.640. The highest BCUT2D eigenvalue weighted by atomic mass is 31.1. The number of nitrogens with one attached hydrogen (secondary N) is 1. The average molecular weight is 313 g/mol. The summed E-state index contributed by atoms with van der Waals surface area (Å²) in [6.07, 6.45) is 3.29. The summed E-state index contributed by atoms with van der Waals surface area (Å²) in [6, 6.07) is 9.51. The van der Waals surface area contributed by atoms with Crippen molar-refractivity contribution in [2.75, 3.05) is 23.2 Å². The van der Waals surface area contributed by atoms with Crippen molar-refractivity contribution < 1.29 is 4.74 Å². The van der Waals surface area contributed by atoms with Crippen LogP contribution in [-0.4, -0.2) is 16.6 Å². The monoisotopic (exact) mass is 313 g/mol. The molecule has 6 nitrogen and oxygen atoms in total. The van der Waals surface area contributed by atoms with Gasteiger partial charge < -0.3 is 21.3 Å². The molecule has 0 aliphatic carbocycles. The van der Waals surface area contributed by atoms with E-state index in [9.17, 15) is 0 Å². The average Bonchev–Trinajstić information content (AvgIpc) is 2.52. The Morgan fingerprint density at radius 3 is 2.77 bits per heavy atom. The lowest BCUT2D eigenvalue weighted by atomic mass is 10.2. The second-order valence-electron chi connectivity index (χ2n) is 4.63. The Balaban J connectivity index is 2.10. The summed E-state index contributed by atoms with van der Waals surface area (Å²) in [5.74, 6) is 1.34. The van der Waals surface area contributed by atoms with Gasteiger partial charge in [0.1, 0.15) is 17.0 Å². The van der Waals surface area contributed by atoms with Crippen LogP contribution in [-0.2, 0) is 0 Å². The van der Waals surface area contributed by atoms with E-state index in [1.54, 1.807) is 18.5 Å². The maximum absolute atomic E-state index is 5.95. The van der Waals surface area contributed by atoms with Gasteiger partial charge in [0.25, 0.3) is 0 Å². The molecule has 0 saturated carbocycles. The molecule has 0 spiro atoms. The van der Waals surface area contributed by atoms with Gasteiger partial charge in [-0.05, 0) is 27.5 Å². The van der Waals surface area contributed by atoms with E-state index in [1.807, 2.05) is 24.3 Å². The van der Waals surface area contributed by atoms with E-state index >= 15 is 0 Å². The molecule has 0 amide bonds. The van der Waals surface area contributed by atoms with Crippen molar-refractivity contribution in [2.24, 2.45) is 0 Å². The van der Waals surface area contributed by atoms with Gasteiger partial charge in [-0.25, -0.2) is 4.98 Å². The first-order valence-electron chi connectivity index (χ1n) is 6.68. The van der Waals surface area contributed by atoms with Crippen LogP contribution < -0.4 is 21.3 Å². The minimum absolute atomic E-state index is 0.249. The topological polar surface area (TPSA) is 99.1 Å². The molecule has 0 fully saturated rings. The van der Waals surface area contributed by atoms with Gasteiger partial charge in [-0.1, -0.05) is 6.07 Å². The van der Waals surface area contributed by atoms with Crippen molar-refractivity contribution >= 4 is 36.8 Å². The van der Waals surface area contributed by atoms with Gasteiger partial charge in [0, 0.05) is 35.6 Å². The number of nitrogens with two attached hydrogens (primary N) is 2. The lowest BCUT2D eigenvalue weighted by molar-refractivity contribution is 0.489. The number of nitrogens with zero attached hydrogens (tertiary/aromatic N) is 2. The van der Waals surface area contributed by atoms with Crippen LogP contribution in [0.25, 0.3) is 10.9 Å². The number of pyridine rings is 2. The molecule has 1 atom stereocenters. The highest BCUT2D eigenvalue weighted by Crippen LogP contribution is 2.36. The molecule has 5 N–H and O–H groups in total. The molecular weight excluding hydrogens is 297 g/mol. The number of hydrogen-bond donors (Lipinski definition) is 3. The molecule has 2 aromatic heterocycles. The number of rotatable bonds is 4. The Morgan fingerprint density at radius 1 is 1.09 bits per heavy atom. The molecule has 0 saturated heterocycles. The molecule has 112 valence electrons. The fraction of sp³-hybridized carbons (Fsp3) is 0.0667. The molecule has 3 aromatic rings. The summed E-state index contributed by atoms with van der Waals surface area (Å²) >= 11 is 0. The summed E-state index contributed by atoms with van der Waals surface area (Å²) in [7, 11) is 0.586. The number of anilines is 3. The Kier molecular flexibility index (Phi) is 3.94. The van der Waals surface area contributed by atoms with Crippen molar-refractivity contribution in [1.82, 2.24) is 9.97 Å². The second kappa shape index (κ2) is 6.03. The van der Waals surface area contributed by atoms with E-state index < -0.39 is 0 Å². The fourth-order valence-electron chi connectivity index (χ4n) is 2.13. The molecule has 3 rings (SSSR count). The van der Waals surface area contributed by atoms with E-state index in [-0.39, 0.29) is 5.82 Å². The molecule has 22 heavy (non-hydrogen) atoms. The highest BCUT2D eigenvalue weighted by Gasteiger charge is 2.11. The lowest BCUT2D eigenvalue weighted by Gasteiger charge is -2.13. The van der Waals surface area contributed by atoms with Gasteiger partial charge in [-0.3, -0.25) is 4.98 Å².